The Kier molecular flexibility index (Phi) is 25.0. The first-order valence-corrected chi connectivity index (χ1v) is 15.9. The highest BCUT2D eigenvalue weighted by molar-refractivity contribution is 5.60. The highest BCUT2D eigenvalue weighted by Gasteiger charge is 2.04. The minimum atomic E-state index is -0.498. The van der Waals surface area contributed by atoms with Gasteiger partial charge in [0.1, 0.15) is 0 Å². The molecule has 37 heavy (non-hydrogen) atoms. The summed E-state index contributed by atoms with van der Waals surface area (Å²) in [6, 6.07) is 0. The van der Waals surface area contributed by atoms with Crippen LogP contribution < -0.4 is 0 Å². The molecule has 1 fully saturated rings. The topological polar surface area (TPSA) is 71.1 Å². The van der Waals surface area contributed by atoms with Crippen LogP contribution >= 0.6 is 0 Å². The highest BCUT2D eigenvalue weighted by atomic mass is 16.7. The van der Waals surface area contributed by atoms with Gasteiger partial charge in [0.2, 0.25) is 0 Å². The maximum absolute atomic E-state index is 11.7. The van der Waals surface area contributed by atoms with Gasteiger partial charge < -0.3 is 18.9 Å². The van der Waals surface area contributed by atoms with E-state index in [1.54, 1.807) is 0 Å². The molecule has 6 heteroatoms. The van der Waals surface area contributed by atoms with E-state index in [-0.39, 0.29) is 0 Å². The average molecular weight is 527 g/mol. The van der Waals surface area contributed by atoms with Crippen LogP contribution in [0.4, 0.5) is 9.59 Å². The number of hydrogen-bond donors (Lipinski definition) is 0. The third kappa shape index (κ3) is 26.0. The minimum absolute atomic E-state index is 0.477. The largest absolute Gasteiger partial charge is 0.508 e. The van der Waals surface area contributed by atoms with Crippen molar-refractivity contribution in [3.05, 3.63) is 0 Å². The Hall–Kier alpha value is -1.46. The number of carbonyl (C=O) groups is 2. The molecule has 0 bridgehead atoms. The van der Waals surface area contributed by atoms with Gasteiger partial charge in [-0.2, -0.15) is 0 Å². The van der Waals surface area contributed by atoms with E-state index in [0.29, 0.717) is 26.4 Å². The molecule has 0 aromatic rings. The van der Waals surface area contributed by atoms with Gasteiger partial charge in [0.25, 0.3) is 0 Å². The van der Waals surface area contributed by atoms with Crippen LogP contribution in [0.1, 0.15) is 161 Å². The van der Waals surface area contributed by atoms with E-state index in [2.05, 4.69) is 0 Å². The van der Waals surface area contributed by atoms with Crippen molar-refractivity contribution in [3.8, 4) is 0 Å². The summed E-state index contributed by atoms with van der Waals surface area (Å²) >= 11 is 0. The summed E-state index contributed by atoms with van der Waals surface area (Å²) in [5.74, 6) is 0. The Labute approximate surface area is 227 Å². The van der Waals surface area contributed by atoms with E-state index in [0.717, 1.165) is 51.4 Å². The first kappa shape index (κ1) is 33.6. The molecule has 0 unspecified atom stereocenters. The summed E-state index contributed by atoms with van der Waals surface area (Å²) in [6.07, 6.45) is 28.9. The van der Waals surface area contributed by atoms with E-state index in [1.165, 1.54) is 109 Å². The summed E-state index contributed by atoms with van der Waals surface area (Å²) < 4.78 is 20.7. The molecule has 0 amide bonds. The third-order valence-corrected chi connectivity index (χ3v) is 7.21. The number of rotatable bonds is 0. The minimum Gasteiger partial charge on any atom is -0.434 e. The highest BCUT2D eigenvalue weighted by Crippen LogP contribution is 2.14. The van der Waals surface area contributed by atoms with Crippen molar-refractivity contribution in [2.24, 2.45) is 0 Å². The Morgan fingerprint density at radius 1 is 0.243 bits per heavy atom. The zero-order valence-electron chi connectivity index (χ0n) is 24.0. The molecular weight excluding hydrogens is 468 g/mol. The van der Waals surface area contributed by atoms with Gasteiger partial charge in [-0.05, 0) is 25.7 Å². The van der Waals surface area contributed by atoms with Crippen molar-refractivity contribution in [1.29, 1.82) is 0 Å². The second-order valence-electron chi connectivity index (χ2n) is 10.7. The number of cyclic esters (lactones) is 4. The van der Waals surface area contributed by atoms with Gasteiger partial charge in [0, 0.05) is 0 Å². The molecule has 0 aromatic heterocycles. The summed E-state index contributed by atoms with van der Waals surface area (Å²) in [5.41, 5.74) is 0. The first-order chi connectivity index (χ1) is 18.3. The van der Waals surface area contributed by atoms with Gasteiger partial charge in [-0.15, -0.1) is 0 Å². The Morgan fingerprint density at radius 3 is 0.541 bits per heavy atom. The number of carbonyl (C=O) groups excluding carboxylic acids is 2. The third-order valence-electron chi connectivity index (χ3n) is 7.21. The zero-order valence-corrected chi connectivity index (χ0v) is 24.0. The lowest BCUT2D eigenvalue weighted by Crippen LogP contribution is -2.09. The van der Waals surface area contributed by atoms with Gasteiger partial charge in [-0.1, -0.05) is 135 Å². The van der Waals surface area contributed by atoms with Gasteiger partial charge in [0.15, 0.2) is 0 Å². The Morgan fingerprint density at radius 2 is 0.378 bits per heavy atom. The van der Waals surface area contributed by atoms with Crippen LogP contribution in [-0.4, -0.2) is 38.7 Å². The molecular formula is C31H58O6. The normalized spacial score (nSPS) is 22.6. The second-order valence-corrected chi connectivity index (χ2v) is 10.7. The summed E-state index contributed by atoms with van der Waals surface area (Å²) in [7, 11) is 0. The van der Waals surface area contributed by atoms with Crippen LogP contribution in [0.5, 0.6) is 0 Å². The van der Waals surface area contributed by atoms with Gasteiger partial charge in [-0.25, -0.2) is 9.59 Å². The van der Waals surface area contributed by atoms with Crippen molar-refractivity contribution in [2.75, 3.05) is 26.4 Å². The molecule has 0 N–H and O–H groups in total. The van der Waals surface area contributed by atoms with Crippen molar-refractivity contribution in [2.45, 2.75) is 161 Å². The smallest absolute Gasteiger partial charge is 0.434 e. The van der Waals surface area contributed by atoms with Crippen molar-refractivity contribution >= 4 is 12.3 Å². The van der Waals surface area contributed by atoms with E-state index >= 15 is 0 Å². The molecule has 0 atom stereocenters. The molecule has 1 aliphatic heterocycles. The van der Waals surface area contributed by atoms with Crippen LogP contribution in [0.15, 0.2) is 0 Å². The summed E-state index contributed by atoms with van der Waals surface area (Å²) in [4.78, 5) is 23.3. The maximum atomic E-state index is 11.7. The monoisotopic (exact) mass is 526 g/mol. The molecule has 0 aromatic carbocycles. The van der Waals surface area contributed by atoms with E-state index in [1.807, 2.05) is 0 Å². The van der Waals surface area contributed by atoms with E-state index in [4.69, 9.17) is 18.9 Å². The van der Waals surface area contributed by atoms with E-state index in [9.17, 15) is 9.59 Å². The Bertz CT molecular complexity index is 466. The average Bonchev–Trinajstić information content (AvgIpc) is 2.89. The van der Waals surface area contributed by atoms with Crippen LogP contribution in [-0.2, 0) is 18.9 Å². The molecule has 0 radical (unpaired) electrons. The van der Waals surface area contributed by atoms with Gasteiger partial charge in [0.05, 0.1) is 26.4 Å². The fourth-order valence-corrected chi connectivity index (χ4v) is 4.83. The predicted molar refractivity (Wildman–Crippen MR) is 150 cm³/mol. The second kappa shape index (κ2) is 27.6. The zero-order chi connectivity index (χ0) is 26.5. The maximum Gasteiger partial charge on any atom is 0.508 e. The first-order valence-electron chi connectivity index (χ1n) is 15.9. The summed E-state index contributed by atoms with van der Waals surface area (Å²) in [6.45, 7) is 1.92. The quantitative estimate of drug-likeness (QED) is 0.292. The lowest BCUT2D eigenvalue weighted by Gasteiger charge is -2.07. The molecule has 0 saturated carbocycles. The van der Waals surface area contributed by atoms with Crippen LogP contribution in [0.2, 0.25) is 0 Å². The lowest BCUT2D eigenvalue weighted by atomic mass is 10.0. The van der Waals surface area contributed by atoms with Crippen LogP contribution in [0, 0.1) is 0 Å². The molecule has 0 spiro atoms. The van der Waals surface area contributed by atoms with E-state index < -0.39 is 12.3 Å². The predicted octanol–water partition coefficient (Wildman–Crippen LogP) is 10.1. The molecule has 218 valence electrons. The fraction of sp³-hybridized carbons (Fsp3) is 0.935. The number of ether oxygens (including phenoxy) is 4. The van der Waals surface area contributed by atoms with Gasteiger partial charge >= 0.3 is 12.3 Å². The SMILES string of the molecule is O=C1OCCCCCCCCCCCCCCCOC(=O)OCCCCCCCCCCCCCCO1. The Balaban J connectivity index is 2.11. The fourth-order valence-electron chi connectivity index (χ4n) is 4.83. The molecule has 1 heterocycles. The van der Waals surface area contributed by atoms with Crippen molar-refractivity contribution in [3.63, 3.8) is 0 Å². The lowest BCUT2D eigenvalue weighted by molar-refractivity contribution is 0.0519. The molecule has 1 aliphatic rings. The summed E-state index contributed by atoms with van der Waals surface area (Å²) in [5, 5.41) is 0. The van der Waals surface area contributed by atoms with Crippen molar-refractivity contribution in [1.82, 2.24) is 0 Å². The van der Waals surface area contributed by atoms with Crippen LogP contribution in [0.3, 0.4) is 0 Å². The van der Waals surface area contributed by atoms with Crippen molar-refractivity contribution < 1.29 is 28.5 Å². The standard InChI is InChI=1S/C31H58O6/c32-30-34-26-22-18-14-10-6-2-1-3-7-11-15-19-23-27-35-31(33)37-29-25-21-17-13-9-5-4-8-12-16-20-24-28-36-30/h1-29H2. The van der Waals surface area contributed by atoms with Gasteiger partial charge in [-0.3, -0.25) is 0 Å². The molecule has 1 rings (SSSR count). The number of hydrogen-bond acceptors (Lipinski definition) is 6. The molecule has 0 aliphatic carbocycles. The van der Waals surface area contributed by atoms with Crippen LogP contribution in [0.25, 0.3) is 0 Å². The molecule has 1 saturated heterocycles. The molecule has 6 nitrogen and oxygen atoms in total.